The van der Waals surface area contributed by atoms with Crippen LogP contribution >= 0.6 is 23.4 Å². The maximum Gasteiger partial charge on any atom is 0.0900 e. The van der Waals surface area contributed by atoms with Crippen LogP contribution < -0.4 is 10.7 Å². The second-order valence-electron chi connectivity index (χ2n) is 8.61. The van der Waals surface area contributed by atoms with Gasteiger partial charge in [-0.25, -0.2) is 4.98 Å². The number of para-hydroxylation sites is 2. The van der Waals surface area contributed by atoms with E-state index in [4.69, 9.17) is 21.6 Å². The lowest BCUT2D eigenvalue weighted by atomic mass is 10.1. The number of anilines is 2. The van der Waals surface area contributed by atoms with Gasteiger partial charge in [-0.3, -0.25) is 9.98 Å². The maximum absolute atomic E-state index is 6.22. The molecule has 5 nitrogen and oxygen atoms in total. The number of halogens is 1. The smallest absolute Gasteiger partial charge is 0.0900 e. The number of hydrogen-bond donors (Lipinski definition) is 1. The average Bonchev–Trinajstić information content (AvgIpc) is 2.90. The Balaban J connectivity index is 1.62. The van der Waals surface area contributed by atoms with Crippen molar-refractivity contribution < 1.29 is 0 Å². The van der Waals surface area contributed by atoms with Gasteiger partial charge < -0.3 is 9.88 Å². The van der Waals surface area contributed by atoms with Crippen molar-refractivity contribution in [2.24, 2.45) is 4.99 Å². The molecule has 3 aliphatic rings. The highest BCUT2D eigenvalue weighted by molar-refractivity contribution is 7.99. The van der Waals surface area contributed by atoms with Crippen LogP contribution in [0.3, 0.4) is 0 Å². The molecule has 2 aromatic carbocycles. The zero-order valence-electron chi connectivity index (χ0n) is 19.1. The molecule has 3 heterocycles. The lowest BCUT2D eigenvalue weighted by molar-refractivity contribution is 0.613. The van der Waals surface area contributed by atoms with Gasteiger partial charge in [0.2, 0.25) is 0 Å². The summed E-state index contributed by atoms with van der Waals surface area (Å²) in [7, 11) is 0. The summed E-state index contributed by atoms with van der Waals surface area (Å²) in [6, 6.07) is 24.7. The van der Waals surface area contributed by atoms with E-state index in [2.05, 4.69) is 33.1 Å². The van der Waals surface area contributed by atoms with Crippen molar-refractivity contribution in [2.75, 3.05) is 16.8 Å². The number of rotatable bonds is 4. The molecule has 0 atom stereocenters. The molecular weight excluding hydrogens is 474 g/mol. The van der Waals surface area contributed by atoms with Crippen LogP contribution in [0, 0.1) is 0 Å². The van der Waals surface area contributed by atoms with Crippen molar-refractivity contribution in [1.29, 1.82) is 0 Å². The lowest BCUT2D eigenvalue weighted by Gasteiger charge is -2.21. The summed E-state index contributed by atoms with van der Waals surface area (Å²) >= 11 is 8.23. The molecule has 1 N–H and O–H groups in total. The molecule has 0 unspecified atom stereocenters. The normalized spacial score (nSPS) is 15.1. The zero-order chi connectivity index (χ0) is 23.6. The predicted octanol–water partition coefficient (Wildman–Crippen LogP) is 6.72. The highest BCUT2D eigenvalue weighted by Crippen LogP contribution is 2.31. The summed E-state index contributed by atoms with van der Waals surface area (Å²) in [5, 5.41) is 5.20. The van der Waals surface area contributed by atoms with Crippen LogP contribution in [0.1, 0.15) is 12.8 Å². The minimum absolute atomic E-state index is 0.320. The first kappa shape index (κ1) is 22.1. The fourth-order valence-corrected chi connectivity index (χ4v) is 5.73. The molecule has 0 radical (unpaired) electrons. The van der Waals surface area contributed by atoms with Gasteiger partial charge >= 0.3 is 0 Å². The van der Waals surface area contributed by atoms with Gasteiger partial charge in [-0.15, -0.1) is 0 Å². The molecule has 1 saturated heterocycles. The van der Waals surface area contributed by atoms with Crippen LogP contribution in [-0.2, 0) is 0 Å². The Morgan fingerprint density at radius 1 is 0.971 bits per heavy atom. The summed E-state index contributed by atoms with van der Waals surface area (Å²) in [5.41, 5.74) is 6.76. The summed E-state index contributed by atoms with van der Waals surface area (Å²) in [6.07, 6.45) is 5.80. The topological polar surface area (TPSA) is 55.1 Å². The standard InChI is InChI=1S/C28H24ClN5S/c29-19-7-9-22(10-8-19)34-27-6-2-1-5-23(27)33-26-16-24(32-21-4-3-13-30-18-21)25(17-28(26)34)31-20-11-14-35-15-12-20/h1-10,13,16-18,20,32H,11-12,14-15H2. The minimum atomic E-state index is 0.320. The van der Waals surface area contributed by atoms with Crippen molar-refractivity contribution in [3.8, 4) is 17.1 Å². The molecule has 2 aliphatic heterocycles. The van der Waals surface area contributed by atoms with Gasteiger partial charge in [-0.1, -0.05) is 23.7 Å². The van der Waals surface area contributed by atoms with E-state index in [1.165, 1.54) is 0 Å². The molecular formula is C28H24ClN5S. The van der Waals surface area contributed by atoms with Crippen molar-refractivity contribution in [1.82, 2.24) is 14.5 Å². The fraction of sp³-hybridized carbons (Fsp3) is 0.179. The first-order valence-corrected chi connectivity index (χ1v) is 13.3. The summed E-state index contributed by atoms with van der Waals surface area (Å²) in [4.78, 5) is 14.5. The molecule has 35 heavy (non-hydrogen) atoms. The van der Waals surface area contributed by atoms with Crippen LogP contribution in [0.15, 0.2) is 90.2 Å². The fourth-order valence-electron chi connectivity index (χ4n) is 4.52. The van der Waals surface area contributed by atoms with Gasteiger partial charge in [0, 0.05) is 16.9 Å². The van der Waals surface area contributed by atoms with Crippen LogP contribution in [0.4, 0.5) is 11.4 Å². The van der Waals surface area contributed by atoms with E-state index in [-0.39, 0.29) is 0 Å². The Kier molecular flexibility index (Phi) is 6.15. The van der Waals surface area contributed by atoms with Gasteiger partial charge in [-0.05, 0) is 85.0 Å². The number of aromatic nitrogens is 3. The first-order chi connectivity index (χ1) is 17.2. The number of fused-ring (bicyclic) bond motifs is 2. The van der Waals surface area contributed by atoms with Crippen molar-refractivity contribution in [2.45, 2.75) is 18.9 Å². The van der Waals surface area contributed by atoms with Gasteiger partial charge in [0.05, 0.1) is 51.4 Å². The van der Waals surface area contributed by atoms with Gasteiger partial charge in [0.1, 0.15) is 0 Å². The van der Waals surface area contributed by atoms with Crippen LogP contribution in [0.25, 0.3) is 28.1 Å². The molecule has 0 saturated carbocycles. The molecule has 6 rings (SSSR count). The third-order valence-corrected chi connectivity index (χ3v) is 7.54. The highest BCUT2D eigenvalue weighted by Gasteiger charge is 2.18. The second-order valence-corrected chi connectivity index (χ2v) is 10.3. The molecule has 1 aromatic heterocycles. The molecule has 0 amide bonds. The van der Waals surface area contributed by atoms with Gasteiger partial charge in [0.15, 0.2) is 0 Å². The zero-order valence-corrected chi connectivity index (χ0v) is 20.6. The van der Waals surface area contributed by atoms with E-state index in [0.29, 0.717) is 11.1 Å². The molecule has 1 aliphatic carbocycles. The number of pyridine rings is 1. The van der Waals surface area contributed by atoms with E-state index in [1.807, 2.05) is 72.6 Å². The van der Waals surface area contributed by atoms with E-state index in [9.17, 15) is 0 Å². The Morgan fingerprint density at radius 3 is 2.60 bits per heavy atom. The summed E-state index contributed by atoms with van der Waals surface area (Å²) in [6.45, 7) is 0. The van der Waals surface area contributed by atoms with Gasteiger partial charge in [-0.2, -0.15) is 11.8 Å². The Hall–Kier alpha value is -3.35. The Labute approximate surface area is 213 Å². The van der Waals surface area contributed by atoms with Crippen molar-refractivity contribution in [3.63, 3.8) is 0 Å². The predicted molar refractivity (Wildman–Crippen MR) is 146 cm³/mol. The van der Waals surface area contributed by atoms with Crippen LogP contribution in [0.2, 0.25) is 5.02 Å². The van der Waals surface area contributed by atoms with E-state index >= 15 is 0 Å². The Morgan fingerprint density at radius 2 is 1.80 bits per heavy atom. The molecule has 174 valence electrons. The third-order valence-electron chi connectivity index (χ3n) is 6.24. The number of hydrogen-bond acceptors (Lipinski definition) is 5. The SMILES string of the molecule is Clc1ccc(-n2c3cc(=NC4CCSCC4)c(Nc4cccnc4)cc-3nc3ccccc32)cc1. The van der Waals surface area contributed by atoms with Crippen LogP contribution in [0.5, 0.6) is 0 Å². The quantitative estimate of drug-likeness (QED) is 0.280. The lowest BCUT2D eigenvalue weighted by Crippen LogP contribution is -2.20. The van der Waals surface area contributed by atoms with Crippen molar-refractivity contribution >= 4 is 45.8 Å². The average molecular weight is 498 g/mol. The van der Waals surface area contributed by atoms with E-state index in [1.54, 1.807) is 6.20 Å². The van der Waals surface area contributed by atoms with E-state index < -0.39 is 0 Å². The van der Waals surface area contributed by atoms with Crippen LogP contribution in [-0.4, -0.2) is 32.1 Å². The van der Waals surface area contributed by atoms with Crippen molar-refractivity contribution in [3.05, 3.63) is 95.6 Å². The number of nitrogens with one attached hydrogen (secondary N) is 1. The summed E-state index contributed by atoms with van der Waals surface area (Å²) in [5.74, 6) is 2.31. The number of thioether (sulfide) groups is 1. The largest absolute Gasteiger partial charge is 0.352 e. The molecule has 0 spiro atoms. The maximum atomic E-state index is 6.22. The first-order valence-electron chi connectivity index (χ1n) is 11.7. The third kappa shape index (κ3) is 4.64. The molecule has 0 bridgehead atoms. The molecule has 7 heteroatoms. The second kappa shape index (κ2) is 9.72. The summed E-state index contributed by atoms with van der Waals surface area (Å²) < 4.78 is 2.25. The number of nitrogens with zero attached hydrogens (tertiary/aromatic N) is 4. The minimum Gasteiger partial charge on any atom is -0.352 e. The molecule has 1 fully saturated rings. The number of benzene rings is 3. The van der Waals surface area contributed by atoms with Gasteiger partial charge in [0.25, 0.3) is 0 Å². The monoisotopic (exact) mass is 497 g/mol. The molecule has 3 aromatic rings. The Bertz CT molecular complexity index is 1510. The highest BCUT2D eigenvalue weighted by atomic mass is 35.5. The van der Waals surface area contributed by atoms with E-state index in [0.717, 1.165) is 69.2 Å².